The van der Waals surface area contributed by atoms with Crippen molar-refractivity contribution in [1.29, 1.82) is 0 Å². The molecule has 0 saturated carbocycles. The van der Waals surface area contributed by atoms with Crippen LogP contribution < -0.4 is 5.56 Å². The second-order valence-corrected chi connectivity index (χ2v) is 8.61. The predicted molar refractivity (Wildman–Crippen MR) is 119 cm³/mol. The van der Waals surface area contributed by atoms with Gasteiger partial charge in [-0.25, -0.2) is 0 Å². The summed E-state index contributed by atoms with van der Waals surface area (Å²) in [5.74, 6) is 1.44. The lowest BCUT2D eigenvalue weighted by molar-refractivity contribution is 0.237. The normalized spacial score (nSPS) is 17.4. The number of likely N-dealkylation sites (tertiary alicyclic amines) is 1. The van der Waals surface area contributed by atoms with Gasteiger partial charge in [0.25, 0.3) is 5.56 Å². The largest absolute Gasteiger partial charge is 0.293 e. The third-order valence-electron chi connectivity index (χ3n) is 6.20. The quantitative estimate of drug-likeness (QED) is 0.503. The van der Waals surface area contributed by atoms with Gasteiger partial charge in [0.15, 0.2) is 5.82 Å². The zero-order chi connectivity index (χ0) is 20.8. The third kappa shape index (κ3) is 3.20. The third-order valence-corrected chi connectivity index (χ3v) is 6.57. The molecule has 0 aliphatic carbocycles. The fraction of sp³-hybridized carbons (Fsp3) is 0.348. The number of nitrogens with zero attached hydrogens (tertiary/aromatic N) is 5. The zero-order valence-corrected chi connectivity index (χ0v) is 17.9. The van der Waals surface area contributed by atoms with Crippen molar-refractivity contribution >= 4 is 28.3 Å². The molecule has 1 unspecified atom stereocenters. The molecule has 1 atom stereocenters. The van der Waals surface area contributed by atoms with Gasteiger partial charge < -0.3 is 0 Å². The molecule has 2 aromatic carbocycles. The zero-order valence-electron chi connectivity index (χ0n) is 17.2. The standard InChI is InChI=1S/C23H24ClN5O/c1-15-9-10-20-18(12-15)22(30)27(2)23-26-25-21(29(20)23)14-28-11-5-7-17(28)13-16-6-3-4-8-19(16)24/h3-4,6,8-10,12,17H,5,7,11,13-14H2,1-2H3. The van der Waals surface area contributed by atoms with E-state index in [2.05, 4.69) is 21.2 Å². The van der Waals surface area contributed by atoms with Gasteiger partial charge in [-0.2, -0.15) is 0 Å². The number of fused-ring (bicyclic) bond motifs is 3. The highest BCUT2D eigenvalue weighted by Gasteiger charge is 2.27. The SMILES string of the molecule is Cc1ccc2c(c1)c(=O)n(C)c1nnc(CN3CCCC3Cc3ccccc3Cl)n21. The van der Waals surface area contributed by atoms with Crippen molar-refractivity contribution in [3.8, 4) is 0 Å². The Labute approximate surface area is 179 Å². The van der Waals surface area contributed by atoms with Crippen LogP contribution in [0.25, 0.3) is 16.7 Å². The maximum Gasteiger partial charge on any atom is 0.262 e. The van der Waals surface area contributed by atoms with E-state index in [9.17, 15) is 4.79 Å². The molecule has 5 rings (SSSR count). The Morgan fingerprint density at radius 3 is 2.83 bits per heavy atom. The number of rotatable bonds is 4. The molecule has 2 aromatic heterocycles. The topological polar surface area (TPSA) is 55.4 Å². The van der Waals surface area contributed by atoms with Gasteiger partial charge in [0.2, 0.25) is 5.78 Å². The van der Waals surface area contributed by atoms with E-state index in [1.165, 1.54) is 5.56 Å². The van der Waals surface area contributed by atoms with E-state index in [1.54, 1.807) is 11.6 Å². The predicted octanol–water partition coefficient (Wildman–Crippen LogP) is 3.75. The molecule has 30 heavy (non-hydrogen) atoms. The second kappa shape index (κ2) is 7.52. The van der Waals surface area contributed by atoms with E-state index in [0.717, 1.165) is 47.7 Å². The van der Waals surface area contributed by atoms with E-state index in [-0.39, 0.29) is 5.56 Å². The van der Waals surface area contributed by atoms with E-state index in [0.29, 0.717) is 23.8 Å². The molecule has 154 valence electrons. The second-order valence-electron chi connectivity index (χ2n) is 8.20. The summed E-state index contributed by atoms with van der Waals surface area (Å²) < 4.78 is 3.62. The first kappa shape index (κ1) is 19.3. The van der Waals surface area contributed by atoms with E-state index in [1.807, 2.05) is 47.7 Å². The lowest BCUT2D eigenvalue weighted by Crippen LogP contribution is -2.31. The maximum absolute atomic E-state index is 12.8. The van der Waals surface area contributed by atoms with Crippen LogP contribution in [0, 0.1) is 6.92 Å². The fourth-order valence-electron chi connectivity index (χ4n) is 4.60. The molecule has 6 nitrogen and oxygen atoms in total. The number of halogens is 1. The van der Waals surface area contributed by atoms with Crippen molar-refractivity contribution in [3.05, 3.63) is 74.8 Å². The average Bonchev–Trinajstić information content (AvgIpc) is 3.35. The Bertz CT molecular complexity index is 1310. The van der Waals surface area contributed by atoms with Gasteiger partial charge in [0, 0.05) is 18.1 Å². The number of aromatic nitrogens is 4. The first-order valence-corrected chi connectivity index (χ1v) is 10.7. The molecule has 0 radical (unpaired) electrons. The van der Waals surface area contributed by atoms with Crippen molar-refractivity contribution < 1.29 is 0 Å². The van der Waals surface area contributed by atoms with Crippen LogP contribution in [0.3, 0.4) is 0 Å². The molecule has 1 aliphatic rings. The van der Waals surface area contributed by atoms with Gasteiger partial charge in [-0.1, -0.05) is 41.4 Å². The Hall–Kier alpha value is -2.70. The van der Waals surface area contributed by atoms with Crippen molar-refractivity contribution in [3.63, 3.8) is 0 Å². The molecule has 0 N–H and O–H groups in total. The summed E-state index contributed by atoms with van der Waals surface area (Å²) in [4.78, 5) is 15.3. The maximum atomic E-state index is 12.8. The van der Waals surface area contributed by atoms with Crippen LogP contribution in [0.5, 0.6) is 0 Å². The first-order valence-electron chi connectivity index (χ1n) is 10.3. The number of benzene rings is 2. The lowest BCUT2D eigenvalue weighted by Gasteiger charge is -2.24. The van der Waals surface area contributed by atoms with Gasteiger partial charge in [-0.3, -0.25) is 18.7 Å². The summed E-state index contributed by atoms with van der Waals surface area (Å²) in [6.07, 6.45) is 3.22. The molecule has 4 aromatic rings. The van der Waals surface area contributed by atoms with Crippen LogP contribution in [0.15, 0.2) is 47.3 Å². The molecule has 1 aliphatic heterocycles. The minimum atomic E-state index is -0.0436. The lowest BCUT2D eigenvalue weighted by atomic mass is 10.0. The summed E-state index contributed by atoms with van der Waals surface area (Å²) >= 11 is 6.40. The molecule has 0 amide bonds. The minimum absolute atomic E-state index is 0.0436. The molecule has 1 fully saturated rings. The Balaban J connectivity index is 1.53. The highest BCUT2D eigenvalue weighted by atomic mass is 35.5. The van der Waals surface area contributed by atoms with E-state index >= 15 is 0 Å². The van der Waals surface area contributed by atoms with Gasteiger partial charge >= 0.3 is 0 Å². The Kier molecular flexibility index (Phi) is 4.83. The Morgan fingerprint density at radius 1 is 1.17 bits per heavy atom. The summed E-state index contributed by atoms with van der Waals surface area (Å²) in [7, 11) is 1.76. The molecule has 1 saturated heterocycles. The molecule has 0 bridgehead atoms. The molecular formula is C23H24ClN5O. The average molecular weight is 422 g/mol. The number of hydrogen-bond donors (Lipinski definition) is 0. The van der Waals surface area contributed by atoms with Gasteiger partial charge in [-0.15, -0.1) is 10.2 Å². The summed E-state index contributed by atoms with van der Waals surface area (Å²) in [6.45, 7) is 3.71. The fourth-order valence-corrected chi connectivity index (χ4v) is 4.81. The molecule has 7 heteroatoms. The monoisotopic (exact) mass is 421 g/mol. The van der Waals surface area contributed by atoms with Crippen molar-refractivity contribution in [2.24, 2.45) is 7.05 Å². The van der Waals surface area contributed by atoms with Crippen molar-refractivity contribution in [2.75, 3.05) is 6.54 Å². The first-order chi connectivity index (χ1) is 14.5. The van der Waals surface area contributed by atoms with Crippen LogP contribution in [-0.4, -0.2) is 36.7 Å². The molecular weight excluding hydrogens is 398 g/mol. The van der Waals surface area contributed by atoms with Crippen molar-refractivity contribution in [2.45, 2.75) is 38.8 Å². The van der Waals surface area contributed by atoms with Crippen LogP contribution >= 0.6 is 11.6 Å². The van der Waals surface area contributed by atoms with Gasteiger partial charge in [-0.05, 0) is 56.5 Å². The van der Waals surface area contributed by atoms with Crippen LogP contribution in [0.4, 0.5) is 0 Å². The number of aryl methyl sites for hydroxylation is 2. The molecule has 3 heterocycles. The van der Waals surface area contributed by atoms with Crippen molar-refractivity contribution in [1.82, 2.24) is 24.1 Å². The summed E-state index contributed by atoms with van der Waals surface area (Å²) in [6, 6.07) is 14.5. The van der Waals surface area contributed by atoms with Crippen LogP contribution in [-0.2, 0) is 20.0 Å². The molecule has 0 spiro atoms. The van der Waals surface area contributed by atoms with Gasteiger partial charge in [0.05, 0.1) is 17.4 Å². The van der Waals surface area contributed by atoms with Crippen LogP contribution in [0.1, 0.15) is 29.8 Å². The Morgan fingerprint density at radius 2 is 2.00 bits per heavy atom. The smallest absolute Gasteiger partial charge is 0.262 e. The van der Waals surface area contributed by atoms with E-state index < -0.39 is 0 Å². The van der Waals surface area contributed by atoms with Crippen LogP contribution in [0.2, 0.25) is 5.02 Å². The number of hydrogen-bond acceptors (Lipinski definition) is 4. The highest BCUT2D eigenvalue weighted by molar-refractivity contribution is 6.31. The van der Waals surface area contributed by atoms with E-state index in [4.69, 9.17) is 11.6 Å². The van der Waals surface area contributed by atoms with Gasteiger partial charge in [0.1, 0.15) is 0 Å². The summed E-state index contributed by atoms with van der Waals surface area (Å²) in [5.41, 5.74) is 3.07. The minimum Gasteiger partial charge on any atom is -0.293 e. The highest BCUT2D eigenvalue weighted by Crippen LogP contribution is 2.26. The summed E-state index contributed by atoms with van der Waals surface area (Å²) in [5, 5.41) is 10.3.